The number of hydrogen-bond donors (Lipinski definition) is 1. The zero-order valence-electron chi connectivity index (χ0n) is 11.7. The Labute approximate surface area is 106 Å². The quantitative estimate of drug-likeness (QED) is 0.772. The molecule has 100 valence electrons. The third kappa shape index (κ3) is 5.53. The van der Waals surface area contributed by atoms with Crippen LogP contribution in [0.2, 0.25) is 0 Å². The Kier molecular flexibility index (Phi) is 6.56. The number of hydrogen-bond acceptors (Lipinski definition) is 2. The van der Waals surface area contributed by atoms with Gasteiger partial charge in [0, 0.05) is 13.1 Å². The van der Waals surface area contributed by atoms with E-state index in [0.717, 1.165) is 38.4 Å². The van der Waals surface area contributed by atoms with Crippen molar-refractivity contribution in [3.63, 3.8) is 0 Å². The zero-order chi connectivity index (χ0) is 12.7. The Hall–Kier alpha value is -0.570. The Morgan fingerprint density at radius 2 is 2.24 bits per heavy atom. The van der Waals surface area contributed by atoms with Crippen LogP contribution in [-0.2, 0) is 4.79 Å². The van der Waals surface area contributed by atoms with Crippen LogP contribution in [0.1, 0.15) is 46.5 Å². The lowest BCUT2D eigenvalue weighted by Crippen LogP contribution is -2.43. The van der Waals surface area contributed by atoms with E-state index < -0.39 is 0 Å². The molecule has 0 aliphatic carbocycles. The molecule has 1 amide bonds. The fourth-order valence-electron chi connectivity index (χ4n) is 2.31. The highest BCUT2D eigenvalue weighted by molar-refractivity contribution is 5.78. The molecule has 0 bridgehead atoms. The number of amides is 1. The number of nitrogens with one attached hydrogen (secondary N) is 1. The highest BCUT2D eigenvalue weighted by Crippen LogP contribution is 2.17. The number of carbonyl (C=O) groups is 1. The van der Waals surface area contributed by atoms with Crippen molar-refractivity contribution >= 4 is 5.91 Å². The third-order valence-electron chi connectivity index (χ3n) is 3.45. The molecule has 1 fully saturated rings. The van der Waals surface area contributed by atoms with Crippen molar-refractivity contribution < 1.29 is 4.79 Å². The van der Waals surface area contributed by atoms with Gasteiger partial charge >= 0.3 is 0 Å². The molecular weight excluding hydrogens is 212 g/mol. The highest BCUT2D eigenvalue weighted by atomic mass is 16.1. The predicted molar refractivity (Wildman–Crippen MR) is 71.9 cm³/mol. The summed E-state index contributed by atoms with van der Waals surface area (Å²) >= 11 is 0. The van der Waals surface area contributed by atoms with Gasteiger partial charge in [-0.25, -0.2) is 0 Å². The molecule has 0 aromatic carbocycles. The molecule has 0 saturated carbocycles. The van der Waals surface area contributed by atoms with E-state index in [-0.39, 0.29) is 11.8 Å². The van der Waals surface area contributed by atoms with Crippen molar-refractivity contribution in [2.24, 2.45) is 11.8 Å². The van der Waals surface area contributed by atoms with E-state index in [1.54, 1.807) is 0 Å². The van der Waals surface area contributed by atoms with Crippen LogP contribution in [0, 0.1) is 11.8 Å². The van der Waals surface area contributed by atoms with Crippen LogP contribution in [0.25, 0.3) is 0 Å². The van der Waals surface area contributed by atoms with Crippen LogP contribution < -0.4 is 5.32 Å². The summed E-state index contributed by atoms with van der Waals surface area (Å²) in [6.45, 7) is 10.7. The molecule has 1 atom stereocenters. The standard InChI is InChI=1S/C14H28N2O/c1-4-8-15-14(17)13-6-5-9-16(11-13)10-7-12(2)3/h12-13H,4-11H2,1-3H3,(H,15,17). The first-order valence-corrected chi connectivity index (χ1v) is 7.13. The fraction of sp³-hybridized carbons (Fsp3) is 0.929. The number of carbonyl (C=O) groups excluding carboxylic acids is 1. The minimum absolute atomic E-state index is 0.225. The molecule has 1 N–H and O–H groups in total. The van der Waals surface area contributed by atoms with Gasteiger partial charge in [0.05, 0.1) is 5.92 Å². The lowest BCUT2D eigenvalue weighted by molar-refractivity contribution is -0.126. The second kappa shape index (κ2) is 7.70. The van der Waals surface area contributed by atoms with Gasteiger partial charge in [0.2, 0.25) is 5.91 Å². The number of nitrogens with zero attached hydrogens (tertiary/aromatic N) is 1. The lowest BCUT2D eigenvalue weighted by Gasteiger charge is -2.32. The highest BCUT2D eigenvalue weighted by Gasteiger charge is 2.25. The summed E-state index contributed by atoms with van der Waals surface area (Å²) in [4.78, 5) is 14.4. The van der Waals surface area contributed by atoms with Gasteiger partial charge in [-0.3, -0.25) is 4.79 Å². The predicted octanol–water partition coefficient (Wildman–Crippen LogP) is 2.27. The number of rotatable bonds is 6. The van der Waals surface area contributed by atoms with Crippen LogP contribution in [-0.4, -0.2) is 37.0 Å². The Morgan fingerprint density at radius 1 is 1.47 bits per heavy atom. The molecule has 1 rings (SSSR count). The van der Waals surface area contributed by atoms with E-state index >= 15 is 0 Å². The van der Waals surface area contributed by atoms with Gasteiger partial charge < -0.3 is 10.2 Å². The van der Waals surface area contributed by atoms with E-state index in [2.05, 4.69) is 31.0 Å². The smallest absolute Gasteiger partial charge is 0.224 e. The molecule has 3 heteroatoms. The molecule has 1 aliphatic rings. The Morgan fingerprint density at radius 3 is 2.88 bits per heavy atom. The first kappa shape index (κ1) is 14.5. The van der Waals surface area contributed by atoms with Crippen molar-refractivity contribution in [1.82, 2.24) is 10.2 Å². The van der Waals surface area contributed by atoms with Crippen molar-refractivity contribution in [1.29, 1.82) is 0 Å². The molecule has 0 aromatic rings. The normalized spacial score (nSPS) is 21.8. The first-order valence-electron chi connectivity index (χ1n) is 7.13. The van der Waals surface area contributed by atoms with Crippen LogP contribution >= 0.6 is 0 Å². The maximum Gasteiger partial charge on any atom is 0.224 e. The summed E-state index contributed by atoms with van der Waals surface area (Å²) in [7, 11) is 0. The van der Waals surface area contributed by atoms with Crippen molar-refractivity contribution in [3.05, 3.63) is 0 Å². The van der Waals surface area contributed by atoms with Gasteiger partial charge in [0.1, 0.15) is 0 Å². The van der Waals surface area contributed by atoms with E-state index in [4.69, 9.17) is 0 Å². The summed E-state index contributed by atoms with van der Waals surface area (Å²) in [6, 6.07) is 0. The van der Waals surface area contributed by atoms with Crippen molar-refractivity contribution in [3.8, 4) is 0 Å². The summed E-state index contributed by atoms with van der Waals surface area (Å²) in [5.74, 6) is 1.24. The van der Waals surface area contributed by atoms with Gasteiger partial charge in [-0.15, -0.1) is 0 Å². The van der Waals surface area contributed by atoms with Gasteiger partial charge in [0.15, 0.2) is 0 Å². The topological polar surface area (TPSA) is 32.3 Å². The second-order valence-corrected chi connectivity index (χ2v) is 5.61. The minimum Gasteiger partial charge on any atom is -0.356 e. The molecule has 1 saturated heterocycles. The van der Waals surface area contributed by atoms with Crippen molar-refractivity contribution in [2.75, 3.05) is 26.2 Å². The van der Waals surface area contributed by atoms with E-state index in [9.17, 15) is 4.79 Å². The summed E-state index contributed by atoms with van der Waals surface area (Å²) < 4.78 is 0. The largest absolute Gasteiger partial charge is 0.356 e. The summed E-state index contributed by atoms with van der Waals surface area (Å²) in [5.41, 5.74) is 0. The monoisotopic (exact) mass is 240 g/mol. The molecule has 0 spiro atoms. The van der Waals surface area contributed by atoms with E-state index in [1.807, 2.05) is 0 Å². The molecular formula is C14H28N2O. The molecule has 17 heavy (non-hydrogen) atoms. The maximum atomic E-state index is 11.9. The average molecular weight is 240 g/mol. The van der Waals surface area contributed by atoms with Gasteiger partial charge in [-0.1, -0.05) is 20.8 Å². The lowest BCUT2D eigenvalue weighted by atomic mass is 9.96. The van der Waals surface area contributed by atoms with Crippen LogP contribution in [0.5, 0.6) is 0 Å². The summed E-state index contributed by atoms with van der Waals surface area (Å²) in [5, 5.41) is 3.02. The maximum absolute atomic E-state index is 11.9. The first-order chi connectivity index (χ1) is 8.13. The van der Waals surface area contributed by atoms with Gasteiger partial charge in [-0.05, 0) is 44.7 Å². The Bertz CT molecular complexity index is 228. The zero-order valence-corrected chi connectivity index (χ0v) is 11.7. The van der Waals surface area contributed by atoms with Crippen LogP contribution in [0.4, 0.5) is 0 Å². The Balaban J connectivity index is 2.30. The van der Waals surface area contributed by atoms with Crippen LogP contribution in [0.3, 0.4) is 0 Å². The second-order valence-electron chi connectivity index (χ2n) is 5.61. The summed E-state index contributed by atoms with van der Waals surface area (Å²) in [6.07, 6.45) is 4.49. The van der Waals surface area contributed by atoms with Gasteiger partial charge in [-0.2, -0.15) is 0 Å². The van der Waals surface area contributed by atoms with Gasteiger partial charge in [0.25, 0.3) is 0 Å². The molecule has 0 radical (unpaired) electrons. The third-order valence-corrected chi connectivity index (χ3v) is 3.45. The molecule has 1 heterocycles. The van der Waals surface area contributed by atoms with Crippen LogP contribution in [0.15, 0.2) is 0 Å². The number of piperidine rings is 1. The molecule has 0 aromatic heterocycles. The molecule has 1 aliphatic heterocycles. The minimum atomic E-state index is 0.225. The average Bonchev–Trinajstić information content (AvgIpc) is 2.33. The van der Waals surface area contributed by atoms with Crippen molar-refractivity contribution in [2.45, 2.75) is 46.5 Å². The molecule has 1 unspecified atom stereocenters. The van der Waals surface area contributed by atoms with E-state index in [0.29, 0.717) is 0 Å². The fourth-order valence-corrected chi connectivity index (χ4v) is 2.31. The molecule has 3 nitrogen and oxygen atoms in total. The number of likely N-dealkylation sites (tertiary alicyclic amines) is 1. The van der Waals surface area contributed by atoms with E-state index in [1.165, 1.54) is 19.4 Å². The SMILES string of the molecule is CCCNC(=O)C1CCCN(CCC(C)C)C1.